The molecule has 0 N–H and O–H groups in total. The molecule has 3 heteroatoms. The van der Waals surface area contributed by atoms with E-state index in [9.17, 15) is 5.26 Å². The standard InChI is InChI=1S/C18H17NO2/c1-12-6-4-8-14(11-19)16(12)20-15-9-5-7-13-10-18(2,3)21-17(13)15/h4-9H,10H2,1-3H3. The minimum absolute atomic E-state index is 0.217. The molecule has 1 aliphatic rings. The van der Waals surface area contributed by atoms with Gasteiger partial charge in [0.05, 0.1) is 5.56 Å². The van der Waals surface area contributed by atoms with Crippen LogP contribution in [0.1, 0.15) is 30.5 Å². The Labute approximate surface area is 124 Å². The first-order valence-corrected chi connectivity index (χ1v) is 6.99. The Morgan fingerprint density at radius 3 is 2.71 bits per heavy atom. The van der Waals surface area contributed by atoms with E-state index in [4.69, 9.17) is 9.47 Å². The van der Waals surface area contributed by atoms with Crippen molar-refractivity contribution in [1.82, 2.24) is 0 Å². The number of hydrogen-bond acceptors (Lipinski definition) is 3. The van der Waals surface area contributed by atoms with Crippen LogP contribution in [-0.4, -0.2) is 5.60 Å². The Morgan fingerprint density at radius 2 is 1.95 bits per heavy atom. The summed E-state index contributed by atoms with van der Waals surface area (Å²) in [5, 5.41) is 9.24. The largest absolute Gasteiger partial charge is 0.483 e. The van der Waals surface area contributed by atoms with E-state index < -0.39 is 0 Å². The van der Waals surface area contributed by atoms with E-state index in [2.05, 4.69) is 26.0 Å². The number of nitrogens with zero attached hydrogens (tertiary/aromatic N) is 1. The van der Waals surface area contributed by atoms with Gasteiger partial charge in [-0.25, -0.2) is 0 Å². The summed E-state index contributed by atoms with van der Waals surface area (Å²) in [5.41, 5.74) is 2.39. The predicted octanol–water partition coefficient (Wildman–Crippen LogP) is 4.37. The molecular weight excluding hydrogens is 262 g/mol. The van der Waals surface area contributed by atoms with Gasteiger partial charge in [0, 0.05) is 12.0 Å². The van der Waals surface area contributed by atoms with E-state index in [0.717, 1.165) is 23.3 Å². The zero-order valence-corrected chi connectivity index (χ0v) is 12.4. The van der Waals surface area contributed by atoms with E-state index in [-0.39, 0.29) is 5.60 Å². The maximum absolute atomic E-state index is 9.24. The fraction of sp³-hybridized carbons (Fsp3) is 0.278. The summed E-state index contributed by atoms with van der Waals surface area (Å²) in [6.07, 6.45) is 0.860. The van der Waals surface area contributed by atoms with Crippen LogP contribution in [0.5, 0.6) is 17.2 Å². The molecule has 0 amide bonds. The van der Waals surface area contributed by atoms with Crippen molar-refractivity contribution in [1.29, 1.82) is 5.26 Å². The second-order valence-electron chi connectivity index (χ2n) is 5.95. The molecule has 1 heterocycles. The van der Waals surface area contributed by atoms with Gasteiger partial charge in [0.2, 0.25) is 0 Å². The van der Waals surface area contributed by atoms with Crippen LogP contribution in [0.2, 0.25) is 0 Å². The quantitative estimate of drug-likeness (QED) is 0.819. The minimum atomic E-state index is -0.217. The number of hydrogen-bond donors (Lipinski definition) is 0. The second-order valence-corrected chi connectivity index (χ2v) is 5.95. The van der Waals surface area contributed by atoms with Crippen LogP contribution in [0.4, 0.5) is 0 Å². The summed E-state index contributed by atoms with van der Waals surface area (Å²) in [6.45, 7) is 6.06. The molecular formula is C18H17NO2. The van der Waals surface area contributed by atoms with Gasteiger partial charge in [-0.15, -0.1) is 0 Å². The number of rotatable bonds is 2. The molecule has 0 unspecified atom stereocenters. The van der Waals surface area contributed by atoms with Gasteiger partial charge in [-0.3, -0.25) is 0 Å². The molecule has 0 spiro atoms. The lowest BCUT2D eigenvalue weighted by molar-refractivity contribution is 0.135. The Balaban J connectivity index is 2.03. The lowest BCUT2D eigenvalue weighted by Crippen LogP contribution is -2.24. The molecule has 0 fully saturated rings. The van der Waals surface area contributed by atoms with Gasteiger partial charge in [-0.05, 0) is 38.5 Å². The molecule has 3 nitrogen and oxygen atoms in total. The Morgan fingerprint density at radius 1 is 1.19 bits per heavy atom. The van der Waals surface area contributed by atoms with Crippen LogP contribution in [0.25, 0.3) is 0 Å². The molecule has 3 rings (SSSR count). The van der Waals surface area contributed by atoms with E-state index in [1.807, 2.05) is 31.2 Å². The zero-order valence-electron chi connectivity index (χ0n) is 12.4. The van der Waals surface area contributed by atoms with Crippen LogP contribution in [0, 0.1) is 18.3 Å². The third kappa shape index (κ3) is 2.45. The third-order valence-corrected chi connectivity index (χ3v) is 3.60. The molecule has 0 atom stereocenters. The highest BCUT2D eigenvalue weighted by atomic mass is 16.5. The van der Waals surface area contributed by atoms with Gasteiger partial charge in [0.1, 0.15) is 17.4 Å². The topological polar surface area (TPSA) is 42.2 Å². The molecule has 1 aliphatic heterocycles. The fourth-order valence-corrected chi connectivity index (χ4v) is 2.65. The molecule has 0 aliphatic carbocycles. The van der Waals surface area contributed by atoms with Crippen molar-refractivity contribution >= 4 is 0 Å². The number of para-hydroxylation sites is 2. The van der Waals surface area contributed by atoms with E-state index in [1.165, 1.54) is 0 Å². The summed E-state index contributed by atoms with van der Waals surface area (Å²) < 4.78 is 12.0. The summed E-state index contributed by atoms with van der Waals surface area (Å²) in [4.78, 5) is 0. The predicted molar refractivity (Wildman–Crippen MR) is 80.8 cm³/mol. The van der Waals surface area contributed by atoms with Crippen LogP contribution in [-0.2, 0) is 6.42 Å². The second kappa shape index (κ2) is 4.82. The van der Waals surface area contributed by atoms with Gasteiger partial charge < -0.3 is 9.47 Å². The Kier molecular flexibility index (Phi) is 3.10. The van der Waals surface area contributed by atoms with Crippen molar-refractivity contribution in [3.05, 3.63) is 53.1 Å². The summed E-state index contributed by atoms with van der Waals surface area (Å²) in [7, 11) is 0. The van der Waals surface area contributed by atoms with Crippen molar-refractivity contribution in [3.63, 3.8) is 0 Å². The van der Waals surface area contributed by atoms with E-state index in [1.54, 1.807) is 6.07 Å². The van der Waals surface area contributed by atoms with Gasteiger partial charge in [-0.1, -0.05) is 24.3 Å². The highest BCUT2D eigenvalue weighted by molar-refractivity contribution is 5.55. The van der Waals surface area contributed by atoms with Crippen molar-refractivity contribution in [2.75, 3.05) is 0 Å². The molecule has 0 bridgehead atoms. The molecule has 2 aromatic carbocycles. The maximum atomic E-state index is 9.24. The fourth-order valence-electron chi connectivity index (χ4n) is 2.65. The Hall–Kier alpha value is -2.47. The lowest BCUT2D eigenvalue weighted by atomic mass is 10.0. The maximum Gasteiger partial charge on any atom is 0.169 e. The lowest BCUT2D eigenvalue weighted by Gasteiger charge is -2.18. The molecule has 0 saturated heterocycles. The highest BCUT2D eigenvalue weighted by Crippen LogP contribution is 2.44. The third-order valence-electron chi connectivity index (χ3n) is 3.60. The SMILES string of the molecule is Cc1cccc(C#N)c1Oc1cccc2c1OC(C)(C)C2. The summed E-state index contributed by atoms with van der Waals surface area (Å²) in [6, 6.07) is 13.6. The Bertz CT molecular complexity index is 741. The average molecular weight is 279 g/mol. The van der Waals surface area contributed by atoms with Crippen LogP contribution in [0.15, 0.2) is 36.4 Å². The van der Waals surface area contributed by atoms with Crippen LogP contribution < -0.4 is 9.47 Å². The number of benzene rings is 2. The minimum Gasteiger partial charge on any atom is -0.483 e. The smallest absolute Gasteiger partial charge is 0.169 e. The van der Waals surface area contributed by atoms with Crippen molar-refractivity contribution < 1.29 is 9.47 Å². The monoisotopic (exact) mass is 279 g/mol. The van der Waals surface area contributed by atoms with E-state index in [0.29, 0.717) is 17.1 Å². The number of ether oxygens (including phenoxy) is 2. The zero-order chi connectivity index (χ0) is 15.0. The number of aryl methyl sites for hydroxylation is 1. The first kappa shape index (κ1) is 13.5. The molecule has 0 radical (unpaired) electrons. The highest BCUT2D eigenvalue weighted by Gasteiger charge is 2.32. The molecule has 0 saturated carbocycles. The van der Waals surface area contributed by atoms with Gasteiger partial charge in [0.15, 0.2) is 11.5 Å². The van der Waals surface area contributed by atoms with Gasteiger partial charge in [0.25, 0.3) is 0 Å². The molecule has 0 aromatic heterocycles. The molecule has 21 heavy (non-hydrogen) atoms. The number of fused-ring (bicyclic) bond motifs is 1. The van der Waals surface area contributed by atoms with Gasteiger partial charge in [-0.2, -0.15) is 5.26 Å². The normalized spacial score (nSPS) is 15.0. The molecule has 106 valence electrons. The van der Waals surface area contributed by atoms with Crippen molar-refractivity contribution in [3.8, 4) is 23.3 Å². The summed E-state index contributed by atoms with van der Waals surface area (Å²) >= 11 is 0. The van der Waals surface area contributed by atoms with Crippen LogP contribution in [0.3, 0.4) is 0 Å². The number of nitriles is 1. The summed E-state index contributed by atoms with van der Waals surface area (Å²) in [5.74, 6) is 2.06. The van der Waals surface area contributed by atoms with Gasteiger partial charge >= 0.3 is 0 Å². The van der Waals surface area contributed by atoms with Crippen LogP contribution >= 0.6 is 0 Å². The van der Waals surface area contributed by atoms with Crippen molar-refractivity contribution in [2.45, 2.75) is 32.8 Å². The van der Waals surface area contributed by atoms with Crippen molar-refractivity contribution in [2.24, 2.45) is 0 Å². The first-order chi connectivity index (χ1) is 10.00. The average Bonchev–Trinajstić information content (AvgIpc) is 2.76. The molecule has 2 aromatic rings. The first-order valence-electron chi connectivity index (χ1n) is 6.99. The van der Waals surface area contributed by atoms with E-state index >= 15 is 0 Å².